The molecule has 4 unspecified atom stereocenters. The van der Waals surface area contributed by atoms with Crippen molar-refractivity contribution in [3.8, 4) is 0 Å². The van der Waals surface area contributed by atoms with Crippen LogP contribution >= 0.6 is 0 Å². The number of aliphatic hydroxyl groups excluding tert-OH is 2. The molecule has 2 N–H and O–H groups in total. The summed E-state index contributed by atoms with van der Waals surface area (Å²) >= 11 is 0. The number of esters is 2. The third-order valence-corrected chi connectivity index (χ3v) is 15.8. The number of hydrogen-bond acceptors (Lipinski definition) is 10. The zero-order valence-electron chi connectivity index (χ0n) is 54.4. The van der Waals surface area contributed by atoms with Crippen molar-refractivity contribution in [3.63, 3.8) is 0 Å². The van der Waals surface area contributed by atoms with Crippen LogP contribution < -0.4 is 0 Å². The van der Waals surface area contributed by atoms with Gasteiger partial charge in [-0.3, -0.25) is 19.2 Å². The minimum absolute atomic E-state index is 0.0475. The van der Waals surface area contributed by atoms with Crippen LogP contribution in [0.2, 0.25) is 0 Å². The maximum absolute atomic E-state index is 12.7. The second kappa shape index (κ2) is 64.8. The minimum atomic E-state index is -0.381. The van der Waals surface area contributed by atoms with Crippen LogP contribution in [0.3, 0.4) is 0 Å². The van der Waals surface area contributed by atoms with E-state index < -0.39 is 0 Å². The van der Waals surface area contributed by atoms with E-state index in [0.29, 0.717) is 25.7 Å². The Bertz CT molecular complexity index is 1450. The molecule has 83 heavy (non-hydrogen) atoms. The predicted molar refractivity (Wildman–Crippen MR) is 349 cm³/mol. The molecular weight excluding hydrogens is 1040 g/mol. The molecule has 0 aliphatic rings. The van der Waals surface area contributed by atoms with Crippen molar-refractivity contribution in [1.82, 2.24) is 0 Å². The maximum atomic E-state index is 12.7. The van der Waals surface area contributed by atoms with E-state index in [4.69, 9.17) is 18.8 Å². The van der Waals surface area contributed by atoms with Gasteiger partial charge in [-0.05, 0) is 128 Å². The van der Waals surface area contributed by atoms with Gasteiger partial charge in [-0.2, -0.15) is 0 Å². The lowest BCUT2D eigenvalue weighted by molar-refractivity contribution is -0.150. The fourth-order valence-corrected chi connectivity index (χ4v) is 10.4. The number of rotatable bonds is 64. The van der Waals surface area contributed by atoms with Crippen molar-refractivity contribution >= 4 is 31.6 Å². The van der Waals surface area contributed by atoms with E-state index in [1.165, 1.54) is 89.9 Å². The first-order valence-corrected chi connectivity index (χ1v) is 35.2. The van der Waals surface area contributed by atoms with E-state index in [0.717, 1.165) is 226 Å². The first-order chi connectivity index (χ1) is 40.6. The summed E-state index contributed by atoms with van der Waals surface area (Å²) in [5.74, 6) is -0.887. The summed E-state index contributed by atoms with van der Waals surface area (Å²) in [6.07, 6.45) is 69.0. The highest BCUT2D eigenvalue weighted by Crippen LogP contribution is 2.19. The van der Waals surface area contributed by atoms with Gasteiger partial charge in [0, 0.05) is 38.5 Å². The summed E-state index contributed by atoms with van der Waals surface area (Å²) in [7, 11) is 0.890. The summed E-state index contributed by atoms with van der Waals surface area (Å²) in [4.78, 5) is 49.9. The summed E-state index contributed by atoms with van der Waals surface area (Å²) in [6.45, 7) is 8.85. The Hall–Kier alpha value is -3.18. The highest BCUT2D eigenvalue weighted by Gasteiger charge is 2.16. The van der Waals surface area contributed by atoms with Crippen molar-refractivity contribution in [1.29, 1.82) is 0 Å². The summed E-state index contributed by atoms with van der Waals surface area (Å²) < 4.78 is 22.0. The van der Waals surface area contributed by atoms with Crippen LogP contribution in [0.1, 0.15) is 362 Å². The number of allylic oxidation sites excluding steroid dienone is 4. The molecule has 0 saturated heterocycles. The molecule has 0 aliphatic heterocycles. The monoisotopic (exact) mass is 1170 g/mol. The first-order valence-electron chi connectivity index (χ1n) is 35.2. The molecule has 0 aromatic heterocycles. The lowest BCUT2D eigenvalue weighted by atomic mass is 10.1. The zero-order chi connectivity index (χ0) is 60.6. The van der Waals surface area contributed by atoms with Crippen LogP contribution in [0, 0.1) is 0 Å². The van der Waals surface area contributed by atoms with Crippen molar-refractivity contribution in [2.45, 2.75) is 386 Å². The molecule has 0 heterocycles. The average Bonchev–Trinajstić information content (AvgIpc) is 3.47. The molecule has 1 radical (unpaired) electrons. The van der Waals surface area contributed by atoms with Gasteiger partial charge >= 0.3 is 19.6 Å². The van der Waals surface area contributed by atoms with Crippen molar-refractivity contribution in [2.24, 2.45) is 0 Å². The Balaban J connectivity index is 4.05. The number of ether oxygens (including phenoxy) is 2. The van der Waals surface area contributed by atoms with E-state index in [2.05, 4.69) is 76.3 Å². The molecule has 10 nitrogen and oxygen atoms in total. The molecule has 0 bridgehead atoms. The molecule has 0 rings (SSSR count). The van der Waals surface area contributed by atoms with Gasteiger partial charge in [0.2, 0.25) is 0 Å². The van der Waals surface area contributed by atoms with Crippen LogP contribution in [0.5, 0.6) is 0 Å². The number of carbonyl (C=O) groups excluding carboxylic acids is 4. The molecule has 0 aliphatic carbocycles. The van der Waals surface area contributed by atoms with Crippen LogP contribution in [0.4, 0.5) is 0 Å². The third kappa shape index (κ3) is 61.7. The van der Waals surface area contributed by atoms with Gasteiger partial charge in [-0.15, -0.1) is 0 Å². The smallest absolute Gasteiger partial charge is 0.500 e. The SMILES string of the molecule is CCCCCCC(O)C/C=C\CCCCCCCC(=O)OC(C/C=C\CCCCCCCC(=O)O[B]OC(=O)CCCCCCC/C=C\CC(CCCCCC)OC(=O)CCCCCCC/C=C/CC(O)CCCCCC)CCCCCC. The fourth-order valence-electron chi connectivity index (χ4n) is 10.4. The molecule has 0 fully saturated rings. The van der Waals surface area contributed by atoms with Crippen LogP contribution in [-0.4, -0.2) is 66.2 Å². The molecule has 11 heteroatoms. The van der Waals surface area contributed by atoms with Gasteiger partial charge in [0.05, 0.1) is 12.2 Å². The van der Waals surface area contributed by atoms with Gasteiger partial charge in [0.1, 0.15) is 12.2 Å². The molecular formula is C72H130BO10. The molecule has 0 spiro atoms. The van der Waals surface area contributed by atoms with Gasteiger partial charge in [0.25, 0.3) is 11.9 Å². The molecule has 0 aromatic rings. The summed E-state index contributed by atoms with van der Waals surface area (Å²) in [5, 5.41) is 20.2. The van der Waals surface area contributed by atoms with Gasteiger partial charge in [0.15, 0.2) is 0 Å². The predicted octanol–water partition coefficient (Wildman–Crippen LogP) is 20.7. The largest absolute Gasteiger partial charge is 0.662 e. The van der Waals surface area contributed by atoms with E-state index in [1.54, 1.807) is 0 Å². The lowest BCUT2D eigenvalue weighted by Crippen LogP contribution is -2.17. The Labute approximate surface area is 512 Å². The Morgan fingerprint density at radius 2 is 0.554 bits per heavy atom. The summed E-state index contributed by atoms with van der Waals surface area (Å²) in [5.41, 5.74) is 0. The Morgan fingerprint density at radius 1 is 0.301 bits per heavy atom. The van der Waals surface area contributed by atoms with Crippen molar-refractivity contribution < 1.29 is 48.2 Å². The second-order valence-corrected chi connectivity index (χ2v) is 24.1. The molecule has 4 atom stereocenters. The number of hydrogen-bond donors (Lipinski definition) is 2. The average molecular weight is 1170 g/mol. The van der Waals surface area contributed by atoms with E-state index in [9.17, 15) is 29.4 Å². The minimum Gasteiger partial charge on any atom is -0.500 e. The number of carbonyl (C=O) groups is 4. The van der Waals surface area contributed by atoms with Crippen LogP contribution in [0.15, 0.2) is 48.6 Å². The topological polar surface area (TPSA) is 146 Å². The second-order valence-electron chi connectivity index (χ2n) is 24.1. The third-order valence-electron chi connectivity index (χ3n) is 15.8. The van der Waals surface area contributed by atoms with Crippen LogP contribution in [0.25, 0.3) is 0 Å². The Morgan fingerprint density at radius 3 is 0.867 bits per heavy atom. The highest BCUT2D eigenvalue weighted by atomic mass is 16.6. The van der Waals surface area contributed by atoms with Crippen molar-refractivity contribution in [3.05, 3.63) is 48.6 Å². The Kier molecular flexibility index (Phi) is 62.3. The van der Waals surface area contributed by atoms with Gasteiger partial charge in [-0.25, -0.2) is 0 Å². The molecule has 0 aromatic carbocycles. The number of unbranched alkanes of at least 4 members (excludes halogenated alkanes) is 32. The van der Waals surface area contributed by atoms with E-state index in [-0.39, 0.29) is 48.3 Å². The van der Waals surface area contributed by atoms with Gasteiger partial charge in [-0.1, -0.05) is 243 Å². The molecule has 481 valence electrons. The normalized spacial score (nSPS) is 13.3. The van der Waals surface area contributed by atoms with Gasteiger partial charge < -0.3 is 29.0 Å². The molecule has 0 saturated carbocycles. The zero-order valence-corrected chi connectivity index (χ0v) is 54.4. The first kappa shape index (κ1) is 79.8. The van der Waals surface area contributed by atoms with E-state index >= 15 is 0 Å². The lowest BCUT2D eigenvalue weighted by Gasteiger charge is -2.16. The molecule has 0 amide bonds. The highest BCUT2D eigenvalue weighted by molar-refractivity contribution is 6.25. The summed E-state index contributed by atoms with van der Waals surface area (Å²) in [6, 6.07) is 0. The standard InChI is InChI=1S/C72H130BO10/c1-5-9-13-41-53-65(74)55-43-33-25-17-21-29-37-49-61-69(76)80-67(57-45-15-11-7-3)59-47-35-27-19-23-31-39-51-63-71(78)82-73-83-72(79)64-52-40-32-24-20-28-36-48-60-68(58-46-16-12-8-4)81-70(77)62-50-38-30-22-18-26-34-44-56-66(75)54-42-14-10-6-2/h33-36,43-44,47-48,65-68,74-75H,5-32,37-42,45-46,49-64H2,1-4H3/b43-33-,44-34+,47-35-,48-36-. The number of aliphatic hydroxyl groups is 2. The fraction of sp³-hybridized carbons (Fsp3) is 0.833. The maximum Gasteiger partial charge on any atom is 0.662 e. The van der Waals surface area contributed by atoms with Crippen LogP contribution in [-0.2, 0) is 38.0 Å². The van der Waals surface area contributed by atoms with E-state index in [1.807, 2.05) is 0 Å². The van der Waals surface area contributed by atoms with Crippen molar-refractivity contribution in [2.75, 3.05) is 0 Å². The quantitative estimate of drug-likeness (QED) is 0.0261.